The van der Waals surface area contributed by atoms with Crippen LogP contribution in [-0.4, -0.2) is 21.2 Å². The number of pyridine rings is 1. The van der Waals surface area contributed by atoms with Crippen molar-refractivity contribution in [1.82, 2.24) is 20.5 Å². The van der Waals surface area contributed by atoms with Gasteiger partial charge in [-0.2, -0.15) is 0 Å². The van der Waals surface area contributed by atoms with Gasteiger partial charge in [-0.15, -0.1) is 5.10 Å². The summed E-state index contributed by atoms with van der Waals surface area (Å²) in [6, 6.07) is 5.10. The molecule has 1 fully saturated rings. The summed E-state index contributed by atoms with van der Waals surface area (Å²) in [5, 5.41) is 14.4. The molecule has 0 spiro atoms. The van der Waals surface area contributed by atoms with E-state index in [1.165, 1.54) is 12.8 Å². The van der Waals surface area contributed by atoms with E-state index >= 15 is 0 Å². The fourth-order valence-electron chi connectivity index (χ4n) is 1.70. The number of nitrogens with zero attached hydrogens (tertiary/aromatic N) is 3. The van der Waals surface area contributed by atoms with Gasteiger partial charge in [0.25, 0.3) is 0 Å². The van der Waals surface area contributed by atoms with E-state index in [9.17, 15) is 0 Å². The lowest BCUT2D eigenvalue weighted by molar-refractivity contribution is 0.475. The number of nitrogens with one attached hydrogen (secondary N) is 2. The third-order valence-electron chi connectivity index (χ3n) is 3.00. The largest absolute Gasteiger partial charge is 0.407 e. The van der Waals surface area contributed by atoms with Crippen LogP contribution in [0.3, 0.4) is 0 Å². The molecule has 0 aromatic carbocycles. The van der Waals surface area contributed by atoms with Crippen molar-refractivity contribution >= 4 is 6.01 Å². The topological polar surface area (TPSA) is 75.9 Å². The van der Waals surface area contributed by atoms with Crippen LogP contribution in [0.15, 0.2) is 22.7 Å². The Balaban J connectivity index is 1.50. The van der Waals surface area contributed by atoms with Crippen molar-refractivity contribution in [2.45, 2.75) is 38.9 Å². The van der Waals surface area contributed by atoms with Crippen molar-refractivity contribution in [3.63, 3.8) is 0 Å². The second-order valence-electron chi connectivity index (χ2n) is 4.82. The molecular weight excluding hydrogens is 242 g/mol. The highest BCUT2D eigenvalue weighted by Crippen LogP contribution is 2.19. The Bertz CT molecular complexity index is 532. The van der Waals surface area contributed by atoms with Gasteiger partial charge >= 0.3 is 6.01 Å². The molecule has 2 heterocycles. The molecule has 1 saturated carbocycles. The Labute approximate surface area is 111 Å². The minimum absolute atomic E-state index is 0.452. The second kappa shape index (κ2) is 5.36. The van der Waals surface area contributed by atoms with Crippen LogP contribution in [0.2, 0.25) is 0 Å². The Hall–Kier alpha value is -1.95. The molecule has 1 aliphatic rings. The predicted octanol–water partition coefficient (Wildman–Crippen LogP) is 1.64. The first-order valence-corrected chi connectivity index (χ1v) is 6.51. The molecule has 6 nitrogen and oxygen atoms in total. The highest BCUT2D eigenvalue weighted by atomic mass is 16.4. The van der Waals surface area contributed by atoms with Gasteiger partial charge < -0.3 is 15.1 Å². The molecule has 19 heavy (non-hydrogen) atoms. The molecule has 2 N–H and O–H groups in total. The molecule has 1 aliphatic carbocycles. The van der Waals surface area contributed by atoms with Gasteiger partial charge in [0.15, 0.2) is 0 Å². The van der Waals surface area contributed by atoms with Crippen molar-refractivity contribution in [2.75, 3.05) is 5.32 Å². The van der Waals surface area contributed by atoms with E-state index in [0.717, 1.165) is 11.3 Å². The highest BCUT2D eigenvalue weighted by Gasteiger charge is 2.21. The number of anilines is 1. The van der Waals surface area contributed by atoms with Gasteiger partial charge in [-0.25, -0.2) is 0 Å². The summed E-state index contributed by atoms with van der Waals surface area (Å²) in [5.41, 5.74) is 2.09. The average Bonchev–Trinajstić information content (AvgIpc) is 3.15. The third kappa shape index (κ3) is 3.51. The maximum absolute atomic E-state index is 5.49. The Morgan fingerprint density at radius 1 is 1.26 bits per heavy atom. The summed E-state index contributed by atoms with van der Waals surface area (Å²) < 4.78 is 5.49. The van der Waals surface area contributed by atoms with E-state index in [-0.39, 0.29) is 0 Å². The van der Waals surface area contributed by atoms with Gasteiger partial charge in [0.05, 0.1) is 6.54 Å². The minimum atomic E-state index is 0.452. The van der Waals surface area contributed by atoms with Gasteiger partial charge in [0.2, 0.25) is 5.89 Å². The van der Waals surface area contributed by atoms with E-state index < -0.39 is 0 Å². The van der Waals surface area contributed by atoms with Crippen molar-refractivity contribution in [1.29, 1.82) is 0 Å². The molecule has 0 bridgehead atoms. The summed E-state index contributed by atoms with van der Waals surface area (Å²) in [6.45, 7) is 3.24. The van der Waals surface area contributed by atoms with E-state index in [2.05, 4.69) is 25.8 Å². The number of hydrogen-bond acceptors (Lipinski definition) is 6. The van der Waals surface area contributed by atoms with Crippen LogP contribution in [0.5, 0.6) is 0 Å². The number of aromatic nitrogens is 3. The first-order chi connectivity index (χ1) is 9.29. The monoisotopic (exact) mass is 259 g/mol. The molecule has 2 aromatic rings. The molecule has 0 saturated heterocycles. The van der Waals surface area contributed by atoms with Crippen LogP contribution in [0.4, 0.5) is 6.01 Å². The Kier molecular flexibility index (Phi) is 3.41. The molecule has 0 amide bonds. The summed E-state index contributed by atoms with van der Waals surface area (Å²) in [5.74, 6) is 0.622. The van der Waals surface area contributed by atoms with Crippen LogP contribution in [-0.2, 0) is 13.1 Å². The molecule has 2 aromatic heterocycles. The normalized spacial score (nSPS) is 14.6. The van der Waals surface area contributed by atoms with E-state index in [1.807, 2.05) is 25.3 Å². The Morgan fingerprint density at radius 2 is 2.16 bits per heavy atom. The molecule has 0 radical (unpaired) electrons. The predicted molar refractivity (Wildman–Crippen MR) is 70.5 cm³/mol. The SMILES string of the molecule is Cc1ccc(CNc2nnc(CNC3CC3)o2)cn1. The van der Waals surface area contributed by atoms with Gasteiger partial charge in [-0.05, 0) is 31.4 Å². The maximum atomic E-state index is 5.49. The van der Waals surface area contributed by atoms with E-state index in [1.54, 1.807) is 0 Å². The zero-order valence-corrected chi connectivity index (χ0v) is 10.9. The van der Waals surface area contributed by atoms with Crippen molar-refractivity contribution in [2.24, 2.45) is 0 Å². The summed E-state index contributed by atoms with van der Waals surface area (Å²) >= 11 is 0. The second-order valence-corrected chi connectivity index (χ2v) is 4.82. The maximum Gasteiger partial charge on any atom is 0.315 e. The van der Waals surface area contributed by atoms with Gasteiger partial charge in [0, 0.05) is 24.5 Å². The standard InChI is InChI=1S/C13H17N5O/c1-9-2-3-10(6-14-9)7-16-13-18-17-12(19-13)8-15-11-4-5-11/h2-3,6,11,15H,4-5,7-8H2,1H3,(H,16,18). The fourth-order valence-corrected chi connectivity index (χ4v) is 1.70. The van der Waals surface area contributed by atoms with Gasteiger partial charge in [-0.1, -0.05) is 11.2 Å². The lowest BCUT2D eigenvalue weighted by Gasteiger charge is -2.01. The Morgan fingerprint density at radius 3 is 2.89 bits per heavy atom. The van der Waals surface area contributed by atoms with Crippen LogP contribution in [0.25, 0.3) is 0 Å². The van der Waals surface area contributed by atoms with E-state index in [4.69, 9.17) is 4.42 Å². The fraction of sp³-hybridized carbons (Fsp3) is 0.462. The molecule has 0 atom stereocenters. The summed E-state index contributed by atoms with van der Waals surface area (Å²) in [4.78, 5) is 4.24. The van der Waals surface area contributed by atoms with Crippen LogP contribution in [0.1, 0.15) is 30.0 Å². The number of hydrogen-bond donors (Lipinski definition) is 2. The van der Waals surface area contributed by atoms with Crippen LogP contribution < -0.4 is 10.6 Å². The first-order valence-electron chi connectivity index (χ1n) is 6.51. The summed E-state index contributed by atoms with van der Waals surface area (Å²) in [6.07, 6.45) is 4.34. The quantitative estimate of drug-likeness (QED) is 0.821. The molecule has 0 unspecified atom stereocenters. The zero-order valence-electron chi connectivity index (χ0n) is 10.9. The minimum Gasteiger partial charge on any atom is -0.407 e. The molecule has 3 rings (SSSR count). The average molecular weight is 259 g/mol. The smallest absolute Gasteiger partial charge is 0.315 e. The third-order valence-corrected chi connectivity index (χ3v) is 3.00. The van der Waals surface area contributed by atoms with Crippen LogP contribution >= 0.6 is 0 Å². The van der Waals surface area contributed by atoms with Crippen molar-refractivity contribution < 1.29 is 4.42 Å². The summed E-state index contributed by atoms with van der Waals surface area (Å²) in [7, 11) is 0. The van der Waals surface area contributed by atoms with E-state index in [0.29, 0.717) is 31.0 Å². The molecule has 0 aliphatic heterocycles. The van der Waals surface area contributed by atoms with Crippen molar-refractivity contribution in [3.8, 4) is 0 Å². The van der Waals surface area contributed by atoms with Crippen molar-refractivity contribution in [3.05, 3.63) is 35.5 Å². The zero-order chi connectivity index (χ0) is 13.1. The number of rotatable bonds is 6. The first kappa shape index (κ1) is 12.1. The molecular formula is C13H17N5O. The number of aryl methyl sites for hydroxylation is 1. The highest BCUT2D eigenvalue weighted by molar-refractivity contribution is 5.22. The lowest BCUT2D eigenvalue weighted by atomic mass is 10.2. The van der Waals surface area contributed by atoms with Gasteiger partial charge in [-0.3, -0.25) is 4.98 Å². The van der Waals surface area contributed by atoms with Gasteiger partial charge in [0.1, 0.15) is 0 Å². The lowest BCUT2D eigenvalue weighted by Crippen LogP contribution is -2.15. The molecule has 100 valence electrons. The molecule has 6 heteroatoms. The van der Waals surface area contributed by atoms with Crippen LogP contribution in [0, 0.1) is 6.92 Å².